The maximum atomic E-state index is 10.6. The Morgan fingerprint density at radius 1 is 1.50 bits per heavy atom. The number of rotatable bonds is 4. The van der Waals surface area contributed by atoms with Crippen LogP contribution in [0.4, 0.5) is 0 Å². The number of carbonyl (C=O) groups excluding carboxylic acids is 1. The fourth-order valence-corrected chi connectivity index (χ4v) is 1.47. The second-order valence-corrected chi connectivity index (χ2v) is 3.60. The van der Waals surface area contributed by atoms with E-state index in [1.165, 1.54) is 6.08 Å². The number of carbonyl (C=O) groups is 1. The predicted molar refractivity (Wildman–Crippen MR) is 54.8 cm³/mol. The molecule has 2 N–H and O–H groups in total. The Morgan fingerprint density at radius 3 is 2.71 bits per heavy atom. The van der Waals surface area contributed by atoms with E-state index in [0.29, 0.717) is 0 Å². The first-order valence-corrected chi connectivity index (χ1v) is 4.95. The van der Waals surface area contributed by atoms with E-state index in [0.717, 1.165) is 44.8 Å². The van der Waals surface area contributed by atoms with Gasteiger partial charge in [0.2, 0.25) is 5.91 Å². The smallest absolute Gasteiger partial charge is 0.241 e. The predicted octanol–water partition coefficient (Wildman–Crippen LogP) is 0.140. The lowest BCUT2D eigenvalue weighted by molar-refractivity contribution is -0.113. The zero-order valence-corrected chi connectivity index (χ0v) is 8.66. The fraction of sp³-hybridized carbons (Fsp3) is 0.700. The van der Waals surface area contributed by atoms with E-state index in [1.807, 2.05) is 6.92 Å². The molecule has 4 heteroatoms. The molecule has 1 aliphatic heterocycles. The van der Waals surface area contributed by atoms with Crippen LogP contribution in [0.3, 0.4) is 0 Å². The van der Waals surface area contributed by atoms with Crippen LogP contribution >= 0.6 is 0 Å². The molecule has 14 heavy (non-hydrogen) atoms. The van der Waals surface area contributed by atoms with E-state index in [4.69, 9.17) is 10.5 Å². The van der Waals surface area contributed by atoms with E-state index in [9.17, 15) is 4.79 Å². The molecule has 0 spiro atoms. The summed E-state index contributed by atoms with van der Waals surface area (Å²) in [7, 11) is 0. The molecule has 1 fully saturated rings. The Labute approximate surface area is 84.7 Å². The molecule has 1 amide bonds. The summed E-state index contributed by atoms with van der Waals surface area (Å²) in [6, 6.07) is 0. The van der Waals surface area contributed by atoms with Crippen LogP contribution in [0, 0.1) is 0 Å². The molecule has 1 aliphatic rings. The molecular weight excluding hydrogens is 180 g/mol. The molecule has 0 unspecified atom stereocenters. The highest BCUT2D eigenvalue weighted by atomic mass is 16.5. The third-order valence-corrected chi connectivity index (χ3v) is 2.31. The number of nitrogens with two attached hydrogens (primary N) is 1. The van der Waals surface area contributed by atoms with Crippen molar-refractivity contribution in [2.45, 2.75) is 13.3 Å². The minimum absolute atomic E-state index is 0.357. The number of amides is 1. The van der Waals surface area contributed by atoms with Crippen LogP contribution in [0.2, 0.25) is 0 Å². The Balaban J connectivity index is 2.21. The van der Waals surface area contributed by atoms with Crippen LogP contribution < -0.4 is 5.73 Å². The van der Waals surface area contributed by atoms with Gasteiger partial charge >= 0.3 is 0 Å². The van der Waals surface area contributed by atoms with Gasteiger partial charge in [-0.2, -0.15) is 0 Å². The van der Waals surface area contributed by atoms with Gasteiger partial charge in [0.25, 0.3) is 0 Å². The number of ether oxygens (including phenoxy) is 1. The van der Waals surface area contributed by atoms with Crippen molar-refractivity contribution in [1.82, 2.24) is 4.90 Å². The molecule has 0 atom stereocenters. The monoisotopic (exact) mass is 198 g/mol. The minimum atomic E-state index is -0.357. The summed E-state index contributed by atoms with van der Waals surface area (Å²) in [5.41, 5.74) is 6.10. The van der Waals surface area contributed by atoms with Gasteiger partial charge in [-0.3, -0.25) is 9.69 Å². The molecule has 1 heterocycles. The van der Waals surface area contributed by atoms with Crippen LogP contribution in [0.25, 0.3) is 0 Å². The first kappa shape index (κ1) is 11.2. The molecule has 0 aromatic heterocycles. The quantitative estimate of drug-likeness (QED) is 0.654. The van der Waals surface area contributed by atoms with Gasteiger partial charge in [-0.1, -0.05) is 5.57 Å². The highest BCUT2D eigenvalue weighted by Crippen LogP contribution is 2.04. The molecule has 0 aromatic rings. The Hall–Kier alpha value is -0.870. The third-order valence-electron chi connectivity index (χ3n) is 2.31. The van der Waals surface area contributed by atoms with Crippen LogP contribution in [0.15, 0.2) is 11.6 Å². The van der Waals surface area contributed by atoms with Gasteiger partial charge in [0.05, 0.1) is 13.2 Å². The molecule has 80 valence electrons. The van der Waals surface area contributed by atoms with Gasteiger partial charge in [0.1, 0.15) is 0 Å². The largest absolute Gasteiger partial charge is 0.379 e. The van der Waals surface area contributed by atoms with Crippen molar-refractivity contribution >= 4 is 5.91 Å². The summed E-state index contributed by atoms with van der Waals surface area (Å²) in [5.74, 6) is -0.357. The molecule has 1 saturated heterocycles. The SMILES string of the molecule is CC(=CC(N)=O)CCN1CCOCC1. The lowest BCUT2D eigenvalue weighted by atomic mass is 10.2. The van der Waals surface area contributed by atoms with E-state index in [2.05, 4.69) is 4.90 Å². The average molecular weight is 198 g/mol. The van der Waals surface area contributed by atoms with Gasteiger partial charge in [-0.05, 0) is 13.3 Å². The Morgan fingerprint density at radius 2 is 2.14 bits per heavy atom. The first-order valence-electron chi connectivity index (χ1n) is 4.95. The van der Waals surface area contributed by atoms with E-state index in [-0.39, 0.29) is 5.91 Å². The normalized spacial score (nSPS) is 19.6. The maximum Gasteiger partial charge on any atom is 0.241 e. The van der Waals surface area contributed by atoms with E-state index < -0.39 is 0 Å². The minimum Gasteiger partial charge on any atom is -0.379 e. The van der Waals surface area contributed by atoms with Crippen LogP contribution in [0.1, 0.15) is 13.3 Å². The van der Waals surface area contributed by atoms with Crippen molar-refractivity contribution in [3.8, 4) is 0 Å². The standard InChI is InChI=1S/C10H18N2O2/c1-9(8-10(11)13)2-3-12-4-6-14-7-5-12/h8H,2-7H2,1H3,(H2,11,13). The van der Waals surface area contributed by atoms with Gasteiger partial charge in [0, 0.05) is 25.7 Å². The molecule has 0 aromatic carbocycles. The zero-order valence-electron chi connectivity index (χ0n) is 8.66. The van der Waals surface area contributed by atoms with Gasteiger partial charge in [-0.25, -0.2) is 0 Å². The van der Waals surface area contributed by atoms with Crippen molar-refractivity contribution in [2.24, 2.45) is 5.73 Å². The Kier molecular flexibility index (Phi) is 4.62. The summed E-state index contributed by atoms with van der Waals surface area (Å²) in [6.07, 6.45) is 2.41. The summed E-state index contributed by atoms with van der Waals surface area (Å²) in [6.45, 7) is 6.54. The zero-order chi connectivity index (χ0) is 10.4. The van der Waals surface area contributed by atoms with Crippen molar-refractivity contribution in [3.05, 3.63) is 11.6 Å². The van der Waals surface area contributed by atoms with E-state index in [1.54, 1.807) is 0 Å². The summed E-state index contributed by atoms with van der Waals surface area (Å²) < 4.78 is 5.24. The lowest BCUT2D eigenvalue weighted by Crippen LogP contribution is -2.36. The molecular formula is C10H18N2O2. The molecule has 0 bridgehead atoms. The van der Waals surface area contributed by atoms with Gasteiger partial charge in [-0.15, -0.1) is 0 Å². The van der Waals surface area contributed by atoms with E-state index >= 15 is 0 Å². The second-order valence-electron chi connectivity index (χ2n) is 3.60. The number of hydrogen-bond acceptors (Lipinski definition) is 3. The molecule has 1 rings (SSSR count). The fourth-order valence-electron chi connectivity index (χ4n) is 1.47. The first-order chi connectivity index (χ1) is 6.68. The van der Waals surface area contributed by atoms with Crippen molar-refractivity contribution < 1.29 is 9.53 Å². The average Bonchev–Trinajstić information content (AvgIpc) is 2.15. The molecule has 4 nitrogen and oxygen atoms in total. The van der Waals surface area contributed by atoms with Crippen molar-refractivity contribution in [1.29, 1.82) is 0 Å². The summed E-state index contributed by atoms with van der Waals surface area (Å²) >= 11 is 0. The van der Waals surface area contributed by atoms with Crippen LogP contribution in [-0.4, -0.2) is 43.7 Å². The van der Waals surface area contributed by atoms with Gasteiger partial charge in [0.15, 0.2) is 0 Å². The molecule has 0 saturated carbocycles. The number of primary amides is 1. The third kappa shape index (κ3) is 4.39. The summed E-state index contributed by atoms with van der Waals surface area (Å²) in [4.78, 5) is 12.9. The lowest BCUT2D eigenvalue weighted by Gasteiger charge is -2.26. The number of nitrogens with zero attached hydrogens (tertiary/aromatic N) is 1. The second kappa shape index (κ2) is 5.78. The number of morpholine rings is 1. The molecule has 0 radical (unpaired) electrons. The number of hydrogen-bond donors (Lipinski definition) is 1. The van der Waals surface area contributed by atoms with Crippen LogP contribution in [-0.2, 0) is 9.53 Å². The highest BCUT2D eigenvalue weighted by Gasteiger charge is 2.09. The van der Waals surface area contributed by atoms with Gasteiger partial charge < -0.3 is 10.5 Å². The van der Waals surface area contributed by atoms with Crippen molar-refractivity contribution in [2.75, 3.05) is 32.8 Å². The van der Waals surface area contributed by atoms with Crippen LogP contribution in [0.5, 0.6) is 0 Å². The topological polar surface area (TPSA) is 55.6 Å². The summed E-state index contributed by atoms with van der Waals surface area (Å²) in [5, 5.41) is 0. The highest BCUT2D eigenvalue weighted by molar-refractivity contribution is 5.86. The van der Waals surface area contributed by atoms with Crippen molar-refractivity contribution in [3.63, 3.8) is 0 Å². The maximum absolute atomic E-state index is 10.6. The molecule has 0 aliphatic carbocycles. The Bertz CT molecular complexity index is 220.